The number of carbonyl (C=O) groups is 1. The van der Waals surface area contributed by atoms with E-state index < -0.39 is 0 Å². The number of aromatic amines is 1. The van der Waals surface area contributed by atoms with Gasteiger partial charge in [0.05, 0.1) is 28.8 Å². The summed E-state index contributed by atoms with van der Waals surface area (Å²) in [6.45, 7) is 3.94. The van der Waals surface area contributed by atoms with Crippen LogP contribution in [0.25, 0.3) is 22.6 Å². The fourth-order valence-corrected chi connectivity index (χ4v) is 3.66. The highest BCUT2D eigenvalue weighted by atomic mass is 16.2. The maximum atomic E-state index is 13.0. The number of rotatable bonds is 3. The van der Waals surface area contributed by atoms with Gasteiger partial charge in [0, 0.05) is 31.9 Å². The van der Waals surface area contributed by atoms with Gasteiger partial charge in [-0.25, -0.2) is 15.0 Å². The predicted molar refractivity (Wildman–Crippen MR) is 108 cm³/mol. The van der Waals surface area contributed by atoms with E-state index in [1.807, 2.05) is 46.8 Å². The Balaban J connectivity index is 1.41. The van der Waals surface area contributed by atoms with Crippen molar-refractivity contribution in [1.82, 2.24) is 34.6 Å². The van der Waals surface area contributed by atoms with Gasteiger partial charge < -0.3 is 9.88 Å². The number of hydrogen-bond donors (Lipinski definition) is 1. The number of aryl methyl sites for hydroxylation is 2. The number of para-hydroxylation sites is 2. The summed E-state index contributed by atoms with van der Waals surface area (Å²) in [5.41, 5.74) is 4.21. The number of H-pyrrole nitrogens is 1. The Labute approximate surface area is 167 Å². The highest BCUT2D eigenvalue weighted by Crippen LogP contribution is 2.23. The molecule has 146 valence electrons. The molecule has 8 heteroatoms. The van der Waals surface area contributed by atoms with Crippen molar-refractivity contribution < 1.29 is 4.79 Å². The number of amides is 1. The topological polar surface area (TPSA) is 92.6 Å². The Morgan fingerprint density at radius 2 is 2.00 bits per heavy atom. The number of nitrogens with zero attached hydrogens (tertiary/aromatic N) is 6. The van der Waals surface area contributed by atoms with Crippen molar-refractivity contribution >= 4 is 16.9 Å². The van der Waals surface area contributed by atoms with Crippen molar-refractivity contribution in [1.29, 1.82) is 0 Å². The SMILES string of the molecule is CCc1ncc(C(=O)N2CCCn3nc(-c4nc5ccccc5[nH]4)cc3C2)cn1. The molecule has 5 rings (SSSR count). The lowest BCUT2D eigenvalue weighted by Gasteiger charge is -2.19. The molecular formula is C21H21N7O. The molecule has 0 unspecified atom stereocenters. The molecule has 1 aliphatic heterocycles. The van der Waals surface area contributed by atoms with Crippen LogP contribution in [-0.4, -0.2) is 47.1 Å². The van der Waals surface area contributed by atoms with Crippen molar-refractivity contribution in [3.8, 4) is 11.5 Å². The van der Waals surface area contributed by atoms with Gasteiger partial charge in [0.2, 0.25) is 0 Å². The van der Waals surface area contributed by atoms with Crippen LogP contribution in [0, 0.1) is 0 Å². The highest BCUT2D eigenvalue weighted by molar-refractivity contribution is 5.93. The smallest absolute Gasteiger partial charge is 0.257 e. The van der Waals surface area contributed by atoms with Gasteiger partial charge in [-0.15, -0.1) is 0 Å². The largest absolute Gasteiger partial charge is 0.337 e. The molecule has 0 saturated heterocycles. The quantitative estimate of drug-likeness (QED) is 0.583. The molecule has 0 atom stereocenters. The van der Waals surface area contributed by atoms with E-state index in [0.717, 1.165) is 53.5 Å². The van der Waals surface area contributed by atoms with E-state index in [9.17, 15) is 4.79 Å². The molecule has 0 aliphatic carbocycles. The van der Waals surface area contributed by atoms with Gasteiger partial charge in [-0.2, -0.15) is 5.10 Å². The van der Waals surface area contributed by atoms with Crippen LogP contribution in [0.2, 0.25) is 0 Å². The molecule has 1 amide bonds. The molecule has 8 nitrogen and oxygen atoms in total. The van der Waals surface area contributed by atoms with Crippen LogP contribution >= 0.6 is 0 Å². The van der Waals surface area contributed by atoms with Crippen LogP contribution in [0.15, 0.2) is 42.7 Å². The first kappa shape index (κ1) is 17.5. The molecule has 1 aromatic carbocycles. The molecule has 0 saturated carbocycles. The summed E-state index contributed by atoms with van der Waals surface area (Å²) < 4.78 is 1.98. The Bertz CT molecular complexity index is 1140. The second-order valence-corrected chi connectivity index (χ2v) is 7.17. The Hall–Kier alpha value is -3.55. The van der Waals surface area contributed by atoms with Crippen molar-refractivity contribution in [2.24, 2.45) is 0 Å². The fraction of sp³-hybridized carbons (Fsp3) is 0.286. The molecule has 4 heterocycles. The molecule has 0 radical (unpaired) electrons. The summed E-state index contributed by atoms with van der Waals surface area (Å²) in [6.07, 6.45) is 4.84. The van der Waals surface area contributed by atoms with Crippen LogP contribution in [0.5, 0.6) is 0 Å². The Kier molecular flexibility index (Phi) is 4.31. The number of aromatic nitrogens is 6. The predicted octanol–water partition coefficient (Wildman–Crippen LogP) is 2.82. The lowest BCUT2D eigenvalue weighted by molar-refractivity contribution is 0.0745. The molecule has 0 bridgehead atoms. The Morgan fingerprint density at radius 3 is 2.79 bits per heavy atom. The number of imidazole rings is 1. The molecule has 1 aliphatic rings. The second kappa shape index (κ2) is 7.12. The van der Waals surface area contributed by atoms with Gasteiger partial charge in [-0.05, 0) is 24.6 Å². The van der Waals surface area contributed by atoms with Crippen molar-refractivity contribution in [2.45, 2.75) is 32.9 Å². The minimum Gasteiger partial charge on any atom is -0.337 e. The summed E-state index contributed by atoms with van der Waals surface area (Å²) in [4.78, 5) is 31.3. The maximum Gasteiger partial charge on any atom is 0.257 e. The summed E-state index contributed by atoms with van der Waals surface area (Å²) in [7, 11) is 0. The third-order valence-corrected chi connectivity index (χ3v) is 5.20. The molecular weight excluding hydrogens is 366 g/mol. The summed E-state index contributed by atoms with van der Waals surface area (Å²) in [5, 5.41) is 4.73. The fourth-order valence-electron chi connectivity index (χ4n) is 3.66. The van der Waals surface area contributed by atoms with Crippen LogP contribution in [0.3, 0.4) is 0 Å². The molecule has 4 aromatic rings. The number of benzene rings is 1. The molecule has 3 aromatic heterocycles. The van der Waals surface area contributed by atoms with Gasteiger partial charge in [0.15, 0.2) is 5.82 Å². The van der Waals surface area contributed by atoms with Crippen molar-refractivity contribution in [2.75, 3.05) is 6.54 Å². The summed E-state index contributed by atoms with van der Waals surface area (Å²) in [5.74, 6) is 1.44. The zero-order valence-corrected chi connectivity index (χ0v) is 16.2. The van der Waals surface area contributed by atoms with Crippen LogP contribution in [-0.2, 0) is 19.5 Å². The lowest BCUT2D eigenvalue weighted by Crippen LogP contribution is -2.31. The van der Waals surface area contributed by atoms with E-state index >= 15 is 0 Å². The highest BCUT2D eigenvalue weighted by Gasteiger charge is 2.23. The zero-order chi connectivity index (χ0) is 19.8. The summed E-state index contributed by atoms with van der Waals surface area (Å²) in [6, 6.07) is 9.93. The average molecular weight is 387 g/mol. The molecule has 0 spiro atoms. The van der Waals surface area contributed by atoms with E-state index in [1.165, 1.54) is 0 Å². The standard InChI is InChI=1S/C21H21N7O/c1-2-19-22-11-14(12-23-19)21(29)27-8-5-9-28-15(13-27)10-18(26-28)20-24-16-6-3-4-7-17(16)25-20/h3-4,6-7,10-12H,2,5,8-9,13H2,1H3,(H,24,25). The third-order valence-electron chi connectivity index (χ3n) is 5.20. The lowest BCUT2D eigenvalue weighted by atomic mass is 10.2. The average Bonchev–Trinajstić information content (AvgIpc) is 3.32. The van der Waals surface area contributed by atoms with Gasteiger partial charge in [0.1, 0.15) is 11.5 Å². The van der Waals surface area contributed by atoms with Crippen molar-refractivity contribution in [3.05, 3.63) is 59.8 Å². The number of nitrogens with one attached hydrogen (secondary N) is 1. The minimum absolute atomic E-state index is 0.0485. The summed E-state index contributed by atoms with van der Waals surface area (Å²) >= 11 is 0. The van der Waals surface area contributed by atoms with Crippen LogP contribution in [0.4, 0.5) is 0 Å². The monoisotopic (exact) mass is 387 g/mol. The number of carbonyl (C=O) groups excluding carboxylic acids is 1. The van der Waals surface area contributed by atoms with Crippen LogP contribution in [0.1, 0.15) is 35.2 Å². The Morgan fingerprint density at radius 1 is 1.17 bits per heavy atom. The normalized spacial score (nSPS) is 14.0. The second-order valence-electron chi connectivity index (χ2n) is 7.17. The van der Waals surface area contributed by atoms with Crippen molar-refractivity contribution in [3.63, 3.8) is 0 Å². The molecule has 1 N–H and O–H groups in total. The first-order chi connectivity index (χ1) is 14.2. The number of hydrogen-bond acceptors (Lipinski definition) is 5. The first-order valence-electron chi connectivity index (χ1n) is 9.83. The van der Waals surface area contributed by atoms with Gasteiger partial charge in [0.25, 0.3) is 5.91 Å². The van der Waals surface area contributed by atoms with Gasteiger partial charge in [-0.3, -0.25) is 9.48 Å². The van der Waals surface area contributed by atoms with E-state index in [4.69, 9.17) is 5.10 Å². The number of fused-ring (bicyclic) bond motifs is 2. The molecule has 0 fully saturated rings. The van der Waals surface area contributed by atoms with Gasteiger partial charge >= 0.3 is 0 Å². The first-order valence-corrected chi connectivity index (χ1v) is 9.83. The van der Waals surface area contributed by atoms with Gasteiger partial charge in [-0.1, -0.05) is 19.1 Å². The van der Waals surface area contributed by atoms with E-state index in [1.54, 1.807) is 12.4 Å². The van der Waals surface area contributed by atoms with E-state index in [0.29, 0.717) is 18.7 Å². The zero-order valence-electron chi connectivity index (χ0n) is 16.2. The minimum atomic E-state index is -0.0485. The van der Waals surface area contributed by atoms with E-state index in [-0.39, 0.29) is 5.91 Å². The van der Waals surface area contributed by atoms with Crippen LogP contribution < -0.4 is 0 Å². The maximum absolute atomic E-state index is 13.0. The third kappa shape index (κ3) is 3.26. The van der Waals surface area contributed by atoms with E-state index in [2.05, 4.69) is 19.9 Å². The molecule has 29 heavy (non-hydrogen) atoms.